The molecule has 0 aromatic heterocycles. The molecule has 1 nitrogen and oxygen atoms in total. The van der Waals surface area contributed by atoms with Gasteiger partial charge in [0.15, 0.2) is 0 Å². The van der Waals surface area contributed by atoms with Crippen molar-refractivity contribution >= 4 is 16.5 Å². The Labute approximate surface area is 48.2 Å². The van der Waals surface area contributed by atoms with Crippen molar-refractivity contribution in [2.24, 2.45) is 0 Å². The van der Waals surface area contributed by atoms with Gasteiger partial charge in [0.2, 0.25) is 0 Å². The smallest absolute Gasteiger partial charge is 0.000687 e. The zero-order valence-electron chi connectivity index (χ0n) is 5.03. The summed E-state index contributed by atoms with van der Waals surface area (Å²) in [6, 6.07) is 0. The molecule has 0 aliphatic rings. The fraction of sp³-hybridized carbons (Fsp3) is 0.800. The second kappa shape index (κ2) is 4.34. The number of hydrogen-bond donors (Lipinski definition) is 1. The highest BCUT2D eigenvalue weighted by Gasteiger charge is 1.79. The van der Waals surface area contributed by atoms with Gasteiger partial charge in [0.05, 0.1) is 0 Å². The van der Waals surface area contributed by atoms with Crippen molar-refractivity contribution in [3.8, 4) is 0 Å². The molecule has 0 aliphatic carbocycles. The van der Waals surface area contributed by atoms with Crippen molar-refractivity contribution in [2.75, 3.05) is 12.8 Å². The molecule has 0 spiro atoms. The summed E-state index contributed by atoms with van der Waals surface area (Å²) in [5.41, 5.74) is 0. The predicted octanol–water partition coefficient (Wildman–Crippen LogP) is 1.23. The quantitative estimate of drug-likeness (QED) is 0.551. The Morgan fingerprint density at radius 2 is 2.29 bits per heavy atom. The Morgan fingerprint density at radius 1 is 1.71 bits per heavy atom. The highest BCUT2D eigenvalue weighted by atomic mass is 32.2. The molecule has 0 bridgehead atoms. The zero-order valence-corrected chi connectivity index (χ0v) is 5.85. The third-order valence-corrected chi connectivity index (χ3v) is 2.22. The summed E-state index contributed by atoms with van der Waals surface area (Å²) >= 11 is 0. The molecule has 7 heavy (non-hydrogen) atoms. The minimum Gasteiger partial charge on any atom is -0.273 e. The molecule has 1 unspecified atom stereocenters. The third kappa shape index (κ3) is 4.02. The highest BCUT2D eigenvalue weighted by molar-refractivity contribution is 8.12. The standard InChI is InChI=1S/C5H13NS/c1-4-5-7(3)6-2/h6H,3-5H2,1-2H3. The molecular formula is C5H13NS. The van der Waals surface area contributed by atoms with Crippen molar-refractivity contribution < 1.29 is 0 Å². The molecule has 0 rings (SSSR count). The van der Waals surface area contributed by atoms with Crippen molar-refractivity contribution in [1.29, 1.82) is 0 Å². The predicted molar refractivity (Wildman–Crippen MR) is 38.9 cm³/mol. The van der Waals surface area contributed by atoms with Crippen LogP contribution in [-0.2, 0) is 0 Å². The summed E-state index contributed by atoms with van der Waals surface area (Å²) in [7, 11) is 2.17. The maximum atomic E-state index is 3.86. The van der Waals surface area contributed by atoms with Crippen LogP contribution in [0.5, 0.6) is 0 Å². The summed E-state index contributed by atoms with van der Waals surface area (Å²) in [6.07, 6.45) is 1.23. The molecule has 0 aliphatic heterocycles. The molecule has 2 heteroatoms. The van der Waals surface area contributed by atoms with E-state index in [4.69, 9.17) is 0 Å². The largest absolute Gasteiger partial charge is 0.273 e. The Bertz CT molecular complexity index is 61.1. The van der Waals surface area contributed by atoms with Gasteiger partial charge in [0.1, 0.15) is 0 Å². The van der Waals surface area contributed by atoms with E-state index >= 15 is 0 Å². The lowest BCUT2D eigenvalue weighted by Crippen LogP contribution is -1.97. The molecule has 1 N–H and O–H groups in total. The van der Waals surface area contributed by atoms with Crippen molar-refractivity contribution in [1.82, 2.24) is 4.72 Å². The molecule has 0 saturated heterocycles. The average molecular weight is 119 g/mol. The van der Waals surface area contributed by atoms with Crippen LogP contribution in [0.25, 0.3) is 0 Å². The first-order chi connectivity index (χ1) is 3.31. The molecule has 0 aromatic rings. The third-order valence-electron chi connectivity index (χ3n) is 0.739. The van der Waals surface area contributed by atoms with Gasteiger partial charge in [0.25, 0.3) is 0 Å². The van der Waals surface area contributed by atoms with Crippen LogP contribution in [-0.4, -0.2) is 18.7 Å². The first kappa shape index (κ1) is 7.18. The van der Waals surface area contributed by atoms with E-state index in [1.165, 1.54) is 12.2 Å². The van der Waals surface area contributed by atoms with Crippen LogP contribution < -0.4 is 4.72 Å². The zero-order chi connectivity index (χ0) is 5.70. The van der Waals surface area contributed by atoms with Crippen LogP contribution in [0.1, 0.15) is 13.3 Å². The fourth-order valence-electron chi connectivity index (χ4n) is 0.348. The van der Waals surface area contributed by atoms with Gasteiger partial charge in [0, 0.05) is 5.75 Å². The van der Waals surface area contributed by atoms with Crippen LogP contribution in [0.4, 0.5) is 0 Å². The second-order valence-electron chi connectivity index (χ2n) is 1.40. The second-order valence-corrected chi connectivity index (χ2v) is 3.20. The van der Waals surface area contributed by atoms with Gasteiger partial charge in [-0.15, -0.1) is 10.7 Å². The average Bonchev–Trinajstić information content (AvgIpc) is 1.68. The molecule has 0 radical (unpaired) electrons. The molecule has 0 fully saturated rings. The highest BCUT2D eigenvalue weighted by Crippen LogP contribution is 2.00. The first-order valence-corrected chi connectivity index (χ1v) is 4.05. The number of rotatable bonds is 3. The van der Waals surface area contributed by atoms with Crippen molar-refractivity contribution in [3.05, 3.63) is 0 Å². The normalized spacial score (nSPS) is 14.0. The van der Waals surface area contributed by atoms with Gasteiger partial charge in [-0.25, -0.2) is 0 Å². The van der Waals surface area contributed by atoms with Gasteiger partial charge in [-0.05, 0) is 13.5 Å². The van der Waals surface area contributed by atoms with Gasteiger partial charge in [-0.1, -0.05) is 12.8 Å². The first-order valence-electron chi connectivity index (χ1n) is 2.49. The molecule has 0 heterocycles. The van der Waals surface area contributed by atoms with Crippen LogP contribution in [0.3, 0.4) is 0 Å². The van der Waals surface area contributed by atoms with Crippen LogP contribution in [0.2, 0.25) is 0 Å². The van der Waals surface area contributed by atoms with E-state index in [0.717, 1.165) is 0 Å². The lowest BCUT2D eigenvalue weighted by atomic mass is 10.6. The molecule has 0 amide bonds. The molecule has 44 valence electrons. The van der Waals surface area contributed by atoms with E-state index in [9.17, 15) is 0 Å². The maximum absolute atomic E-state index is 3.86. The molecular weight excluding hydrogens is 106 g/mol. The van der Waals surface area contributed by atoms with E-state index in [-0.39, 0.29) is 10.7 Å². The Morgan fingerprint density at radius 3 is 2.43 bits per heavy atom. The van der Waals surface area contributed by atoms with Crippen LogP contribution >= 0.6 is 10.7 Å². The fourth-order valence-corrected chi connectivity index (χ4v) is 1.05. The molecule has 0 aromatic carbocycles. The summed E-state index contributed by atoms with van der Waals surface area (Å²) < 4.78 is 3.08. The summed E-state index contributed by atoms with van der Waals surface area (Å²) in [4.78, 5) is 0. The van der Waals surface area contributed by atoms with Gasteiger partial charge in [-0.2, -0.15) is 0 Å². The Kier molecular flexibility index (Phi) is 4.45. The summed E-state index contributed by atoms with van der Waals surface area (Å²) in [6.45, 7) is 2.17. The number of nitrogens with one attached hydrogen (secondary N) is 1. The monoisotopic (exact) mass is 119 g/mol. The SMILES string of the molecule is C=S(CCC)NC. The Balaban J connectivity index is 3.00. The van der Waals surface area contributed by atoms with E-state index in [0.29, 0.717) is 0 Å². The van der Waals surface area contributed by atoms with E-state index in [2.05, 4.69) is 17.5 Å². The van der Waals surface area contributed by atoms with E-state index in [1.807, 2.05) is 7.05 Å². The molecule has 0 saturated carbocycles. The summed E-state index contributed by atoms with van der Waals surface area (Å²) in [5.74, 6) is 5.07. The van der Waals surface area contributed by atoms with E-state index < -0.39 is 0 Å². The van der Waals surface area contributed by atoms with Gasteiger partial charge < -0.3 is 0 Å². The lowest BCUT2D eigenvalue weighted by Gasteiger charge is -1.99. The minimum absolute atomic E-state index is 0.223. The van der Waals surface area contributed by atoms with Crippen LogP contribution in [0.15, 0.2) is 0 Å². The summed E-state index contributed by atoms with van der Waals surface area (Å²) in [5, 5.41) is 0. The van der Waals surface area contributed by atoms with Gasteiger partial charge >= 0.3 is 0 Å². The van der Waals surface area contributed by atoms with Gasteiger partial charge in [-0.3, -0.25) is 4.72 Å². The maximum Gasteiger partial charge on any atom is 0.000687 e. The minimum atomic E-state index is 0.223. The van der Waals surface area contributed by atoms with Crippen molar-refractivity contribution in [3.63, 3.8) is 0 Å². The lowest BCUT2D eigenvalue weighted by molar-refractivity contribution is 1.09. The van der Waals surface area contributed by atoms with Crippen LogP contribution in [0, 0.1) is 0 Å². The van der Waals surface area contributed by atoms with E-state index in [1.54, 1.807) is 0 Å². The Hall–Kier alpha value is 0.180. The van der Waals surface area contributed by atoms with Crippen molar-refractivity contribution in [2.45, 2.75) is 13.3 Å². The topological polar surface area (TPSA) is 12.0 Å². The number of hydrogen-bond acceptors (Lipinski definition) is 1. The molecule has 1 atom stereocenters.